The van der Waals surface area contributed by atoms with Crippen molar-refractivity contribution in [2.24, 2.45) is 5.92 Å². The fraction of sp³-hybridized carbons (Fsp3) is 0.500. The van der Waals surface area contributed by atoms with E-state index in [2.05, 4.69) is 22.0 Å². The van der Waals surface area contributed by atoms with Gasteiger partial charge in [-0.05, 0) is 44.6 Å². The molecule has 4 rings (SSSR count). The van der Waals surface area contributed by atoms with E-state index in [1.807, 2.05) is 13.8 Å². The van der Waals surface area contributed by atoms with Gasteiger partial charge >= 0.3 is 0 Å². The largest absolute Gasteiger partial charge is 0.383 e. The number of thiophene rings is 1. The van der Waals surface area contributed by atoms with Gasteiger partial charge < -0.3 is 10.3 Å². The van der Waals surface area contributed by atoms with E-state index >= 15 is 0 Å². The highest BCUT2D eigenvalue weighted by Gasteiger charge is 2.24. The van der Waals surface area contributed by atoms with Gasteiger partial charge in [0.1, 0.15) is 10.6 Å². The van der Waals surface area contributed by atoms with E-state index in [1.54, 1.807) is 11.3 Å². The second-order valence-corrected chi connectivity index (χ2v) is 8.75. The maximum Gasteiger partial charge on any atom is 0.239 e. The fourth-order valence-corrected chi connectivity index (χ4v) is 5.35. The molecule has 0 saturated heterocycles. The van der Waals surface area contributed by atoms with Crippen LogP contribution in [0.4, 0.5) is 5.82 Å². The van der Waals surface area contributed by atoms with Gasteiger partial charge in [-0.1, -0.05) is 23.8 Å². The Bertz CT molecular complexity index is 903. The molecule has 0 radical (unpaired) electrons. The number of anilines is 1. The van der Waals surface area contributed by atoms with Crippen LogP contribution in [-0.2, 0) is 12.8 Å². The zero-order valence-corrected chi connectivity index (χ0v) is 15.5. The second kappa shape index (κ2) is 6.00. The molecular formula is C16H19N5OS2. The van der Waals surface area contributed by atoms with Crippen LogP contribution >= 0.6 is 23.1 Å². The van der Waals surface area contributed by atoms with Crippen molar-refractivity contribution in [1.29, 1.82) is 0 Å². The number of nitrogens with two attached hydrogens (primary N) is 1. The highest BCUT2D eigenvalue weighted by Crippen LogP contribution is 2.41. The summed E-state index contributed by atoms with van der Waals surface area (Å²) in [7, 11) is 0. The van der Waals surface area contributed by atoms with Crippen LogP contribution in [0.3, 0.4) is 0 Å². The quantitative estimate of drug-likeness (QED) is 0.558. The Morgan fingerprint density at radius 3 is 2.92 bits per heavy atom. The van der Waals surface area contributed by atoms with Gasteiger partial charge in [-0.25, -0.2) is 9.97 Å². The molecular weight excluding hydrogens is 342 g/mol. The molecule has 8 heteroatoms. The molecule has 0 aliphatic heterocycles. The van der Waals surface area contributed by atoms with Crippen molar-refractivity contribution < 1.29 is 4.52 Å². The van der Waals surface area contributed by atoms with E-state index in [0.717, 1.165) is 29.0 Å². The van der Waals surface area contributed by atoms with Crippen LogP contribution in [0.5, 0.6) is 0 Å². The smallest absolute Gasteiger partial charge is 0.239 e. The van der Waals surface area contributed by atoms with Crippen molar-refractivity contribution in [3.05, 3.63) is 22.2 Å². The number of hydrogen-bond donors (Lipinski definition) is 1. The average Bonchev–Trinajstić information content (AvgIpc) is 3.10. The minimum Gasteiger partial charge on any atom is -0.383 e. The Morgan fingerprint density at radius 2 is 2.17 bits per heavy atom. The van der Waals surface area contributed by atoms with Crippen LogP contribution in [0, 0.1) is 12.8 Å². The number of fused-ring (bicyclic) bond motifs is 3. The number of aryl methyl sites for hydroxylation is 2. The molecule has 3 aromatic heterocycles. The van der Waals surface area contributed by atoms with Gasteiger partial charge in [0, 0.05) is 4.88 Å². The van der Waals surface area contributed by atoms with Crippen LogP contribution in [0.2, 0.25) is 0 Å². The molecule has 1 aliphatic carbocycles. The molecule has 2 atom stereocenters. The first-order chi connectivity index (χ1) is 11.5. The predicted octanol–water partition coefficient (Wildman–Crippen LogP) is 3.94. The lowest BCUT2D eigenvalue weighted by Crippen LogP contribution is -2.09. The first-order valence-corrected chi connectivity index (χ1v) is 9.75. The van der Waals surface area contributed by atoms with Crippen molar-refractivity contribution in [1.82, 2.24) is 20.1 Å². The lowest BCUT2D eigenvalue weighted by molar-refractivity contribution is 0.376. The third-order valence-electron chi connectivity index (χ3n) is 4.34. The Kier molecular flexibility index (Phi) is 3.96. The lowest BCUT2D eigenvalue weighted by Gasteiger charge is -2.17. The Hall–Kier alpha value is -1.67. The Balaban J connectivity index is 1.68. The number of rotatable bonds is 3. The maximum atomic E-state index is 6.27. The molecule has 0 unspecified atom stereocenters. The van der Waals surface area contributed by atoms with Gasteiger partial charge in [-0.15, -0.1) is 11.3 Å². The number of hydrogen-bond acceptors (Lipinski definition) is 8. The third kappa shape index (κ3) is 2.77. The van der Waals surface area contributed by atoms with Crippen LogP contribution < -0.4 is 5.73 Å². The molecule has 3 aromatic rings. The highest BCUT2D eigenvalue weighted by molar-refractivity contribution is 7.99. The van der Waals surface area contributed by atoms with Crippen molar-refractivity contribution in [2.45, 2.75) is 50.4 Å². The Labute approximate surface area is 148 Å². The van der Waals surface area contributed by atoms with Crippen LogP contribution in [0.15, 0.2) is 9.68 Å². The topological polar surface area (TPSA) is 90.7 Å². The molecule has 6 nitrogen and oxygen atoms in total. The monoisotopic (exact) mass is 361 g/mol. The predicted molar refractivity (Wildman–Crippen MR) is 96.3 cm³/mol. The molecule has 0 saturated carbocycles. The minimum atomic E-state index is -0.0161. The zero-order chi connectivity index (χ0) is 16.8. The van der Waals surface area contributed by atoms with Crippen molar-refractivity contribution in [2.75, 3.05) is 5.73 Å². The van der Waals surface area contributed by atoms with E-state index in [4.69, 9.17) is 15.2 Å². The minimum absolute atomic E-state index is 0.0161. The van der Waals surface area contributed by atoms with Crippen molar-refractivity contribution >= 4 is 39.1 Å². The summed E-state index contributed by atoms with van der Waals surface area (Å²) in [5.74, 6) is 2.53. The highest BCUT2D eigenvalue weighted by atomic mass is 32.2. The molecule has 0 spiro atoms. The summed E-state index contributed by atoms with van der Waals surface area (Å²) >= 11 is 3.26. The van der Waals surface area contributed by atoms with Crippen molar-refractivity contribution in [3.63, 3.8) is 0 Å². The zero-order valence-electron chi connectivity index (χ0n) is 13.9. The number of thioether (sulfide) groups is 1. The van der Waals surface area contributed by atoms with E-state index in [0.29, 0.717) is 22.7 Å². The fourth-order valence-electron chi connectivity index (χ4n) is 3.09. The summed E-state index contributed by atoms with van der Waals surface area (Å²) in [4.78, 5) is 16.0. The van der Waals surface area contributed by atoms with Crippen LogP contribution in [0.25, 0.3) is 10.2 Å². The molecule has 126 valence electrons. The average molecular weight is 361 g/mol. The number of nitrogens with zero attached hydrogens (tertiary/aromatic N) is 4. The molecule has 2 N–H and O–H groups in total. The molecule has 1 aliphatic rings. The lowest BCUT2D eigenvalue weighted by atomic mass is 9.89. The summed E-state index contributed by atoms with van der Waals surface area (Å²) in [5.41, 5.74) is 7.63. The summed E-state index contributed by atoms with van der Waals surface area (Å²) in [5, 5.41) is 5.54. The second-order valence-electron chi connectivity index (χ2n) is 6.36. The molecule has 0 bridgehead atoms. The molecule has 0 fully saturated rings. The number of nitrogen functional groups attached to an aromatic ring is 1. The standard InChI is InChI=1S/C16H19N5OS2/c1-7-4-5-10-11(6-7)24-15-12(10)13(17)19-16(20-15)23-8(2)14-18-9(3)21-22-14/h7-8H,4-6H2,1-3H3,(H2,17,19,20)/t7-,8-/m0/s1. The summed E-state index contributed by atoms with van der Waals surface area (Å²) in [6.07, 6.45) is 3.41. The van der Waals surface area contributed by atoms with Gasteiger partial charge in [-0.3, -0.25) is 0 Å². The van der Waals surface area contributed by atoms with E-state index < -0.39 is 0 Å². The normalized spacial score (nSPS) is 18.7. The SMILES string of the molecule is Cc1noc([C@H](C)Sc2nc(N)c3c4c(sc3n2)C[C@@H](C)CC4)n1. The molecule has 3 heterocycles. The molecule has 0 aromatic carbocycles. The van der Waals surface area contributed by atoms with Crippen molar-refractivity contribution in [3.8, 4) is 0 Å². The Morgan fingerprint density at radius 1 is 1.33 bits per heavy atom. The van der Waals surface area contributed by atoms with Gasteiger partial charge in [-0.2, -0.15) is 4.98 Å². The third-order valence-corrected chi connectivity index (χ3v) is 6.43. The molecule has 0 amide bonds. The first kappa shape index (κ1) is 15.8. The summed E-state index contributed by atoms with van der Waals surface area (Å²) in [6.45, 7) is 6.11. The maximum absolute atomic E-state index is 6.27. The first-order valence-electron chi connectivity index (χ1n) is 8.06. The van der Waals surface area contributed by atoms with E-state index in [9.17, 15) is 0 Å². The molecule has 24 heavy (non-hydrogen) atoms. The summed E-state index contributed by atoms with van der Waals surface area (Å²) < 4.78 is 5.23. The van der Waals surface area contributed by atoms with E-state index in [1.165, 1.54) is 28.6 Å². The van der Waals surface area contributed by atoms with E-state index in [-0.39, 0.29) is 5.25 Å². The van der Waals surface area contributed by atoms with Gasteiger partial charge in [0.25, 0.3) is 0 Å². The van der Waals surface area contributed by atoms with Gasteiger partial charge in [0.15, 0.2) is 11.0 Å². The number of aromatic nitrogens is 4. The van der Waals surface area contributed by atoms with Crippen LogP contribution in [-0.4, -0.2) is 20.1 Å². The van der Waals surface area contributed by atoms with Gasteiger partial charge in [0.2, 0.25) is 5.89 Å². The van der Waals surface area contributed by atoms with Crippen LogP contribution in [0.1, 0.15) is 47.7 Å². The summed E-state index contributed by atoms with van der Waals surface area (Å²) in [6, 6.07) is 0. The van der Waals surface area contributed by atoms with Gasteiger partial charge in [0.05, 0.1) is 10.6 Å².